The van der Waals surface area contributed by atoms with Crippen LogP contribution in [0.5, 0.6) is 17.2 Å². The lowest BCUT2D eigenvalue weighted by Crippen LogP contribution is -2.00. The number of hydrogen-bond donors (Lipinski definition) is 0. The molecule has 0 fully saturated rings. The third kappa shape index (κ3) is 3.41. The van der Waals surface area contributed by atoms with Gasteiger partial charge in [0.1, 0.15) is 17.2 Å². The Morgan fingerprint density at radius 1 is 0.957 bits per heavy atom. The fourth-order valence-corrected chi connectivity index (χ4v) is 2.77. The molecule has 0 N–H and O–H groups in total. The normalized spacial score (nSPS) is 10.6. The molecule has 0 aromatic heterocycles. The Morgan fingerprint density at radius 2 is 1.70 bits per heavy atom. The molecule has 23 heavy (non-hydrogen) atoms. The van der Waals surface area contributed by atoms with Crippen molar-refractivity contribution < 1.29 is 19.0 Å². The van der Waals surface area contributed by atoms with E-state index in [1.54, 1.807) is 20.3 Å². The van der Waals surface area contributed by atoms with Crippen LogP contribution in [0.3, 0.4) is 0 Å². The fourth-order valence-electron chi connectivity index (χ4n) is 2.77. The van der Waals surface area contributed by atoms with E-state index in [-0.39, 0.29) is 0 Å². The average molecular weight is 316 g/mol. The second kappa shape index (κ2) is 7.86. The molecule has 2 aromatic rings. The summed E-state index contributed by atoms with van der Waals surface area (Å²) in [4.78, 5) is 11.6. The average Bonchev–Trinajstić information content (AvgIpc) is 2.58. The molecule has 0 aliphatic rings. The molecule has 2 aromatic carbocycles. The minimum absolute atomic E-state index is 0.508. The summed E-state index contributed by atoms with van der Waals surface area (Å²) in [5.41, 5.74) is 1.66. The first-order valence-electron chi connectivity index (χ1n) is 7.99. The summed E-state index contributed by atoms with van der Waals surface area (Å²) in [7, 11) is 3.17. The van der Waals surface area contributed by atoms with E-state index >= 15 is 0 Å². The molecule has 2 rings (SSSR count). The number of rotatable bonds is 8. The summed E-state index contributed by atoms with van der Waals surface area (Å²) in [5.74, 6) is 2.03. The highest BCUT2D eigenvalue weighted by Crippen LogP contribution is 2.39. The summed E-state index contributed by atoms with van der Waals surface area (Å²) in [5, 5.41) is 1.70. The molecule has 124 valence electrons. The number of unbranched alkanes of at least 4 members (excludes halogenated alkanes) is 1. The fraction of sp³-hybridized carbons (Fsp3) is 0.421. The van der Waals surface area contributed by atoms with E-state index in [4.69, 9.17) is 14.2 Å². The maximum Gasteiger partial charge on any atom is 0.154 e. The van der Waals surface area contributed by atoms with Crippen molar-refractivity contribution in [3.8, 4) is 17.2 Å². The van der Waals surface area contributed by atoms with Crippen LogP contribution in [-0.4, -0.2) is 27.1 Å². The van der Waals surface area contributed by atoms with Crippen molar-refractivity contribution in [2.45, 2.75) is 33.1 Å². The summed E-state index contributed by atoms with van der Waals surface area (Å²) in [6.07, 6.45) is 3.96. The predicted octanol–water partition coefficient (Wildman–Crippen LogP) is 4.41. The standard InChI is InChI=1S/C19H24O4/c1-5-7-8-13-9-15-14(10-17(13)23-6-2)16(12-20)19(22-4)11-18(15)21-3/h9-12H,5-8H2,1-4H3. The smallest absolute Gasteiger partial charge is 0.154 e. The Hall–Kier alpha value is -2.23. The van der Waals surface area contributed by atoms with Gasteiger partial charge in [-0.25, -0.2) is 0 Å². The van der Waals surface area contributed by atoms with Crippen molar-refractivity contribution in [3.05, 3.63) is 29.3 Å². The second-order valence-electron chi connectivity index (χ2n) is 5.35. The highest BCUT2D eigenvalue weighted by Gasteiger charge is 2.16. The molecule has 0 spiro atoms. The van der Waals surface area contributed by atoms with Gasteiger partial charge in [-0.05, 0) is 37.5 Å². The van der Waals surface area contributed by atoms with Crippen LogP contribution in [0.1, 0.15) is 42.6 Å². The van der Waals surface area contributed by atoms with E-state index in [2.05, 4.69) is 13.0 Å². The van der Waals surface area contributed by atoms with Crippen LogP contribution in [0.15, 0.2) is 18.2 Å². The molecule has 4 heteroatoms. The summed E-state index contributed by atoms with van der Waals surface area (Å²) < 4.78 is 16.6. The Bertz CT molecular complexity index is 692. The topological polar surface area (TPSA) is 44.8 Å². The third-order valence-electron chi connectivity index (χ3n) is 3.94. The zero-order chi connectivity index (χ0) is 16.8. The number of carbonyl (C=O) groups excluding carboxylic acids is 1. The molecule has 0 saturated carbocycles. The van der Waals surface area contributed by atoms with Gasteiger partial charge in [-0.2, -0.15) is 0 Å². The Balaban J connectivity index is 2.75. The van der Waals surface area contributed by atoms with E-state index in [1.807, 2.05) is 13.0 Å². The first kappa shape index (κ1) is 17.1. The van der Waals surface area contributed by atoms with Crippen molar-refractivity contribution in [2.75, 3.05) is 20.8 Å². The quantitative estimate of drug-likeness (QED) is 0.677. The number of carbonyl (C=O) groups is 1. The van der Waals surface area contributed by atoms with Crippen LogP contribution >= 0.6 is 0 Å². The van der Waals surface area contributed by atoms with E-state index in [9.17, 15) is 4.79 Å². The lowest BCUT2D eigenvalue weighted by atomic mass is 9.97. The van der Waals surface area contributed by atoms with Crippen LogP contribution in [-0.2, 0) is 6.42 Å². The Morgan fingerprint density at radius 3 is 2.26 bits per heavy atom. The molecule has 0 saturated heterocycles. The van der Waals surface area contributed by atoms with Gasteiger partial charge in [0.25, 0.3) is 0 Å². The highest BCUT2D eigenvalue weighted by molar-refractivity contribution is 6.04. The lowest BCUT2D eigenvalue weighted by Gasteiger charge is -2.16. The van der Waals surface area contributed by atoms with Crippen molar-refractivity contribution in [2.24, 2.45) is 0 Å². The first-order valence-corrected chi connectivity index (χ1v) is 7.99. The zero-order valence-electron chi connectivity index (χ0n) is 14.3. The van der Waals surface area contributed by atoms with Crippen molar-refractivity contribution >= 4 is 17.1 Å². The van der Waals surface area contributed by atoms with E-state index < -0.39 is 0 Å². The largest absolute Gasteiger partial charge is 0.496 e. The van der Waals surface area contributed by atoms with Crippen LogP contribution in [0.4, 0.5) is 0 Å². The van der Waals surface area contributed by atoms with Crippen molar-refractivity contribution in [1.29, 1.82) is 0 Å². The predicted molar refractivity (Wildman–Crippen MR) is 92.2 cm³/mol. The maximum absolute atomic E-state index is 11.6. The minimum Gasteiger partial charge on any atom is -0.496 e. The van der Waals surface area contributed by atoms with Gasteiger partial charge < -0.3 is 14.2 Å². The molecule has 0 bridgehead atoms. The molecule has 0 heterocycles. The van der Waals surface area contributed by atoms with Gasteiger partial charge in [-0.3, -0.25) is 4.79 Å². The summed E-state index contributed by atoms with van der Waals surface area (Å²) in [6.45, 7) is 4.71. The molecule has 0 aliphatic carbocycles. The molecule has 0 aliphatic heterocycles. The SMILES string of the molecule is CCCCc1cc2c(OC)cc(OC)c(C=O)c2cc1OCC. The van der Waals surface area contributed by atoms with Gasteiger partial charge in [0, 0.05) is 16.8 Å². The van der Waals surface area contributed by atoms with Crippen molar-refractivity contribution in [3.63, 3.8) is 0 Å². The van der Waals surface area contributed by atoms with E-state index in [0.717, 1.165) is 47.6 Å². The van der Waals surface area contributed by atoms with E-state index in [0.29, 0.717) is 23.7 Å². The van der Waals surface area contributed by atoms with Crippen LogP contribution in [0, 0.1) is 0 Å². The number of methoxy groups -OCH3 is 2. The van der Waals surface area contributed by atoms with Gasteiger partial charge in [0.2, 0.25) is 0 Å². The lowest BCUT2D eigenvalue weighted by molar-refractivity contribution is 0.112. The molecule has 0 radical (unpaired) electrons. The first-order chi connectivity index (χ1) is 11.2. The van der Waals surface area contributed by atoms with Gasteiger partial charge in [-0.1, -0.05) is 13.3 Å². The summed E-state index contributed by atoms with van der Waals surface area (Å²) >= 11 is 0. The minimum atomic E-state index is 0.508. The Kier molecular flexibility index (Phi) is 5.85. The molecule has 0 atom stereocenters. The maximum atomic E-state index is 11.6. The van der Waals surface area contributed by atoms with Crippen molar-refractivity contribution in [1.82, 2.24) is 0 Å². The van der Waals surface area contributed by atoms with Crippen LogP contribution in [0.2, 0.25) is 0 Å². The number of fused-ring (bicyclic) bond motifs is 1. The van der Waals surface area contributed by atoms with Gasteiger partial charge >= 0.3 is 0 Å². The number of aryl methyl sites for hydroxylation is 1. The highest BCUT2D eigenvalue weighted by atomic mass is 16.5. The van der Waals surface area contributed by atoms with Gasteiger partial charge in [0.15, 0.2) is 6.29 Å². The van der Waals surface area contributed by atoms with Crippen LogP contribution < -0.4 is 14.2 Å². The number of aldehydes is 1. The molecule has 0 amide bonds. The number of benzene rings is 2. The molecule has 4 nitrogen and oxygen atoms in total. The Labute approximate surface area is 137 Å². The third-order valence-corrected chi connectivity index (χ3v) is 3.94. The van der Waals surface area contributed by atoms with Gasteiger partial charge in [-0.15, -0.1) is 0 Å². The monoisotopic (exact) mass is 316 g/mol. The number of ether oxygens (including phenoxy) is 3. The molecule has 0 unspecified atom stereocenters. The molecular formula is C19H24O4. The van der Waals surface area contributed by atoms with E-state index in [1.165, 1.54) is 0 Å². The summed E-state index contributed by atoms with van der Waals surface area (Å²) in [6, 6.07) is 5.76. The second-order valence-corrected chi connectivity index (χ2v) is 5.35. The number of hydrogen-bond acceptors (Lipinski definition) is 4. The zero-order valence-corrected chi connectivity index (χ0v) is 14.3. The van der Waals surface area contributed by atoms with Gasteiger partial charge in [0.05, 0.1) is 26.4 Å². The van der Waals surface area contributed by atoms with Crippen LogP contribution in [0.25, 0.3) is 10.8 Å². The molecular weight excluding hydrogens is 292 g/mol.